The molecule has 5 nitrogen and oxygen atoms in total. The summed E-state index contributed by atoms with van der Waals surface area (Å²) < 4.78 is 14.3. The molecule has 2 rings (SSSR count). The molecule has 0 radical (unpaired) electrons. The summed E-state index contributed by atoms with van der Waals surface area (Å²) in [5.74, 6) is -0.679. The van der Waals surface area contributed by atoms with Crippen LogP contribution in [0, 0.1) is 12.7 Å². The van der Waals surface area contributed by atoms with E-state index in [0.29, 0.717) is 10.1 Å². The van der Waals surface area contributed by atoms with Crippen LogP contribution >= 0.6 is 27.7 Å². The third kappa shape index (κ3) is 3.07. The number of nitrogens with two attached hydrogens (primary N) is 1. The Bertz CT molecular complexity index is 663. The number of aryl methyl sites for hydroxylation is 1. The fourth-order valence-corrected chi connectivity index (χ4v) is 2.81. The molecule has 0 atom stereocenters. The van der Waals surface area contributed by atoms with Crippen molar-refractivity contribution in [3.63, 3.8) is 0 Å². The Morgan fingerprint density at radius 3 is 2.65 bits per heavy atom. The van der Waals surface area contributed by atoms with Gasteiger partial charge in [0.2, 0.25) is 0 Å². The van der Waals surface area contributed by atoms with Gasteiger partial charge in [-0.25, -0.2) is 14.4 Å². The highest BCUT2D eigenvalue weighted by molar-refractivity contribution is 9.10. The van der Waals surface area contributed by atoms with Gasteiger partial charge in [0.1, 0.15) is 0 Å². The van der Waals surface area contributed by atoms with Crippen molar-refractivity contribution in [2.75, 3.05) is 0 Å². The van der Waals surface area contributed by atoms with Gasteiger partial charge in [0.25, 0.3) is 0 Å². The molecule has 0 spiro atoms. The van der Waals surface area contributed by atoms with Gasteiger partial charge in [-0.15, -0.1) is 0 Å². The van der Waals surface area contributed by atoms with Crippen LogP contribution in [0.2, 0.25) is 0 Å². The lowest BCUT2D eigenvalue weighted by atomic mass is 10.2. The lowest BCUT2D eigenvalue weighted by Gasteiger charge is -2.07. The number of benzene rings is 1. The average molecular weight is 357 g/mol. The Balaban J connectivity index is 2.34. The topological polar surface area (TPSA) is 84.4 Å². The molecule has 0 saturated heterocycles. The summed E-state index contributed by atoms with van der Waals surface area (Å²) in [7, 11) is 0. The minimum absolute atomic E-state index is 0.130. The Labute approximate surface area is 127 Å². The molecule has 20 heavy (non-hydrogen) atoms. The Hall–Kier alpha value is -1.67. The summed E-state index contributed by atoms with van der Waals surface area (Å²) in [4.78, 5) is 8.54. The third-order valence-electron chi connectivity index (χ3n) is 2.39. The fraction of sp³-hybridized carbons (Fsp3) is 0.0833. The first kappa shape index (κ1) is 14.7. The summed E-state index contributed by atoms with van der Waals surface area (Å²) in [5, 5.41) is 11.9. The van der Waals surface area contributed by atoms with Crippen molar-refractivity contribution in [3.05, 3.63) is 45.9 Å². The first-order chi connectivity index (χ1) is 9.52. The van der Waals surface area contributed by atoms with E-state index in [1.165, 1.54) is 6.07 Å². The highest BCUT2D eigenvalue weighted by Crippen LogP contribution is 2.32. The number of oxime groups is 1. The number of hydrogen-bond acceptors (Lipinski definition) is 5. The molecule has 0 aliphatic heterocycles. The van der Waals surface area contributed by atoms with Crippen LogP contribution in [0.25, 0.3) is 0 Å². The third-order valence-corrected chi connectivity index (χ3v) is 4.09. The zero-order chi connectivity index (χ0) is 14.7. The number of halogens is 2. The first-order valence-corrected chi connectivity index (χ1v) is 7.06. The number of nitrogens with zero attached hydrogens (tertiary/aromatic N) is 3. The molecule has 0 aliphatic carbocycles. The molecule has 0 saturated carbocycles. The molecule has 3 N–H and O–H groups in total. The lowest BCUT2D eigenvalue weighted by molar-refractivity contribution is 0.318. The summed E-state index contributed by atoms with van der Waals surface area (Å²) in [6.45, 7) is 1.87. The second-order valence-electron chi connectivity index (χ2n) is 3.87. The van der Waals surface area contributed by atoms with Crippen molar-refractivity contribution in [1.29, 1.82) is 0 Å². The molecule has 8 heteroatoms. The molecular weight excluding hydrogens is 347 g/mol. The van der Waals surface area contributed by atoms with Gasteiger partial charge in [-0.2, -0.15) is 0 Å². The van der Waals surface area contributed by atoms with E-state index in [0.717, 1.165) is 17.3 Å². The number of rotatable bonds is 3. The van der Waals surface area contributed by atoms with Gasteiger partial charge >= 0.3 is 0 Å². The van der Waals surface area contributed by atoms with Crippen molar-refractivity contribution >= 4 is 33.5 Å². The van der Waals surface area contributed by atoms with Crippen molar-refractivity contribution in [3.8, 4) is 0 Å². The van der Waals surface area contributed by atoms with E-state index in [1.54, 1.807) is 18.5 Å². The molecule has 104 valence electrons. The molecule has 0 unspecified atom stereocenters. The molecule has 2 aromatic rings. The van der Waals surface area contributed by atoms with Crippen molar-refractivity contribution in [2.24, 2.45) is 10.9 Å². The van der Waals surface area contributed by atoms with Crippen LogP contribution in [0.1, 0.15) is 11.1 Å². The van der Waals surface area contributed by atoms with Crippen LogP contribution in [-0.2, 0) is 0 Å². The van der Waals surface area contributed by atoms with E-state index >= 15 is 0 Å². The first-order valence-electron chi connectivity index (χ1n) is 5.45. The van der Waals surface area contributed by atoms with Gasteiger partial charge in [0.15, 0.2) is 16.8 Å². The Morgan fingerprint density at radius 1 is 1.40 bits per heavy atom. The fourth-order valence-electron chi connectivity index (χ4n) is 1.39. The van der Waals surface area contributed by atoms with Gasteiger partial charge in [-0.05, 0) is 52.3 Å². The SMILES string of the molecule is Cc1cnc(Sc2ccc(/C(N)=N/O)c(Br)c2F)nc1. The van der Waals surface area contributed by atoms with Crippen LogP contribution in [0.15, 0.2) is 44.2 Å². The molecular formula is C12H10BrFN4OS. The molecule has 1 heterocycles. The van der Waals surface area contributed by atoms with E-state index in [1.807, 2.05) is 6.92 Å². The molecule has 0 aliphatic rings. The standard InChI is InChI=1S/C12H10BrFN4OS/c1-6-4-16-12(17-5-6)20-8-3-2-7(11(15)18-19)9(13)10(8)14/h2-5,19H,1H3,(H2,15,18). The monoisotopic (exact) mass is 356 g/mol. The van der Waals surface area contributed by atoms with Crippen LogP contribution in [0.4, 0.5) is 4.39 Å². The van der Waals surface area contributed by atoms with Crippen LogP contribution in [0.5, 0.6) is 0 Å². The largest absolute Gasteiger partial charge is 0.409 e. The maximum Gasteiger partial charge on any atom is 0.192 e. The lowest BCUT2D eigenvalue weighted by Crippen LogP contribution is -2.14. The van der Waals surface area contributed by atoms with Crippen LogP contribution < -0.4 is 5.73 Å². The number of amidine groups is 1. The van der Waals surface area contributed by atoms with Crippen molar-refractivity contribution in [1.82, 2.24) is 9.97 Å². The van der Waals surface area contributed by atoms with E-state index in [2.05, 4.69) is 31.1 Å². The van der Waals surface area contributed by atoms with Gasteiger partial charge in [-0.3, -0.25) is 0 Å². The summed E-state index contributed by atoms with van der Waals surface area (Å²) in [6, 6.07) is 3.08. The maximum atomic E-state index is 14.2. The van der Waals surface area contributed by atoms with E-state index in [4.69, 9.17) is 10.9 Å². The summed E-state index contributed by atoms with van der Waals surface area (Å²) in [6.07, 6.45) is 3.32. The van der Waals surface area contributed by atoms with Crippen molar-refractivity contribution in [2.45, 2.75) is 17.0 Å². The van der Waals surface area contributed by atoms with Crippen LogP contribution in [-0.4, -0.2) is 21.0 Å². The quantitative estimate of drug-likeness (QED) is 0.290. The number of hydrogen-bond donors (Lipinski definition) is 2. The summed E-state index contributed by atoms with van der Waals surface area (Å²) >= 11 is 4.19. The molecule has 1 aromatic carbocycles. The smallest absolute Gasteiger partial charge is 0.192 e. The van der Waals surface area contributed by atoms with Gasteiger partial charge < -0.3 is 10.9 Å². The molecule has 1 aromatic heterocycles. The highest BCUT2D eigenvalue weighted by Gasteiger charge is 2.15. The normalized spacial score (nSPS) is 11.7. The Morgan fingerprint density at radius 2 is 2.05 bits per heavy atom. The zero-order valence-electron chi connectivity index (χ0n) is 10.3. The maximum absolute atomic E-state index is 14.2. The van der Waals surface area contributed by atoms with E-state index in [9.17, 15) is 4.39 Å². The molecule has 0 amide bonds. The van der Waals surface area contributed by atoms with Gasteiger partial charge in [-0.1, -0.05) is 5.16 Å². The second-order valence-corrected chi connectivity index (χ2v) is 5.67. The summed E-state index contributed by atoms with van der Waals surface area (Å²) in [5.41, 5.74) is 6.66. The predicted octanol–water partition coefficient (Wildman–Crippen LogP) is 2.93. The van der Waals surface area contributed by atoms with E-state index < -0.39 is 5.82 Å². The predicted molar refractivity (Wildman–Crippen MR) is 77.5 cm³/mol. The average Bonchev–Trinajstić information content (AvgIpc) is 2.45. The van der Waals surface area contributed by atoms with Crippen LogP contribution in [0.3, 0.4) is 0 Å². The highest BCUT2D eigenvalue weighted by atomic mass is 79.9. The zero-order valence-corrected chi connectivity index (χ0v) is 12.7. The van der Waals surface area contributed by atoms with Crippen molar-refractivity contribution < 1.29 is 9.60 Å². The van der Waals surface area contributed by atoms with Gasteiger partial charge in [0, 0.05) is 18.0 Å². The molecule has 0 bridgehead atoms. The van der Waals surface area contributed by atoms with Gasteiger partial charge in [0.05, 0.1) is 9.37 Å². The molecule has 0 fully saturated rings. The minimum atomic E-state index is -0.511. The van der Waals surface area contributed by atoms with E-state index in [-0.39, 0.29) is 15.9 Å². The second kappa shape index (κ2) is 6.19. The Kier molecular flexibility index (Phi) is 4.56. The number of aromatic nitrogens is 2. The minimum Gasteiger partial charge on any atom is -0.409 e.